The molecule has 0 bridgehead atoms. The molecule has 0 aliphatic carbocycles. The molecule has 1 rings (SSSR count). The quantitative estimate of drug-likeness (QED) is 0.687. The fourth-order valence-corrected chi connectivity index (χ4v) is 2.41. The number of hydrogen-bond donors (Lipinski definition) is 0. The van der Waals surface area contributed by atoms with Gasteiger partial charge >= 0.3 is 0 Å². The maximum Gasteiger partial charge on any atom is 0.110 e. The van der Waals surface area contributed by atoms with Gasteiger partial charge in [-0.3, -0.25) is 0 Å². The number of alkyl halides is 1. The SMILES string of the molecule is N#Cc1cc(Cl)c(CBr)s1. The molecule has 0 spiro atoms. The van der Waals surface area contributed by atoms with E-state index in [1.165, 1.54) is 11.3 Å². The molecule has 0 aliphatic rings. The van der Waals surface area contributed by atoms with E-state index < -0.39 is 0 Å². The third-order valence-corrected chi connectivity index (χ3v) is 3.41. The predicted octanol–water partition coefficient (Wildman–Crippen LogP) is 3.17. The van der Waals surface area contributed by atoms with Crippen molar-refractivity contribution in [3.8, 4) is 6.07 Å². The minimum absolute atomic E-state index is 0.666. The summed E-state index contributed by atoms with van der Waals surface area (Å²) in [6, 6.07) is 3.72. The van der Waals surface area contributed by atoms with Crippen LogP contribution in [0.1, 0.15) is 9.75 Å². The summed E-state index contributed by atoms with van der Waals surface area (Å²) in [7, 11) is 0. The Morgan fingerprint density at radius 3 is 2.80 bits per heavy atom. The van der Waals surface area contributed by atoms with Crippen molar-refractivity contribution in [2.24, 2.45) is 0 Å². The molecule has 0 atom stereocenters. The Kier molecular flexibility index (Phi) is 2.72. The second kappa shape index (κ2) is 3.38. The van der Waals surface area contributed by atoms with Gasteiger partial charge in [0.15, 0.2) is 0 Å². The lowest BCUT2D eigenvalue weighted by Gasteiger charge is -1.83. The molecule has 0 saturated heterocycles. The number of halogens is 2. The molecule has 4 heteroatoms. The first-order valence-electron chi connectivity index (χ1n) is 2.52. The molecule has 1 aromatic heterocycles. The zero-order valence-electron chi connectivity index (χ0n) is 4.90. The molecule has 1 aromatic rings. The van der Waals surface area contributed by atoms with Gasteiger partial charge in [-0.05, 0) is 6.07 Å². The molecule has 1 heterocycles. The highest BCUT2D eigenvalue weighted by Crippen LogP contribution is 2.27. The molecule has 0 radical (unpaired) electrons. The molecule has 1 nitrogen and oxygen atoms in total. The summed E-state index contributed by atoms with van der Waals surface area (Å²) in [5.41, 5.74) is 0. The van der Waals surface area contributed by atoms with Gasteiger partial charge in [0.05, 0.1) is 5.02 Å². The zero-order valence-corrected chi connectivity index (χ0v) is 8.05. The fourth-order valence-electron chi connectivity index (χ4n) is 0.553. The lowest BCUT2D eigenvalue weighted by atomic mass is 10.4. The molecular formula is C6H3BrClNS. The van der Waals surface area contributed by atoms with Crippen LogP contribution in [0.25, 0.3) is 0 Å². The van der Waals surface area contributed by atoms with E-state index in [9.17, 15) is 0 Å². The lowest BCUT2D eigenvalue weighted by Crippen LogP contribution is -1.63. The van der Waals surface area contributed by atoms with Crippen LogP contribution in [0.2, 0.25) is 5.02 Å². The monoisotopic (exact) mass is 235 g/mol. The number of hydrogen-bond acceptors (Lipinski definition) is 2. The van der Waals surface area contributed by atoms with Crippen LogP contribution in [0.4, 0.5) is 0 Å². The van der Waals surface area contributed by atoms with Gasteiger partial charge in [-0.1, -0.05) is 27.5 Å². The molecule has 10 heavy (non-hydrogen) atoms. The van der Waals surface area contributed by atoms with Gasteiger partial charge in [0.25, 0.3) is 0 Å². The van der Waals surface area contributed by atoms with Crippen LogP contribution >= 0.6 is 38.9 Å². The zero-order chi connectivity index (χ0) is 7.56. The van der Waals surface area contributed by atoms with Crippen LogP contribution in [0.15, 0.2) is 6.07 Å². The summed E-state index contributed by atoms with van der Waals surface area (Å²) in [5, 5.41) is 9.86. The van der Waals surface area contributed by atoms with Gasteiger partial charge in [0, 0.05) is 10.2 Å². The molecule has 0 amide bonds. The third kappa shape index (κ3) is 1.51. The van der Waals surface area contributed by atoms with Crippen molar-refractivity contribution < 1.29 is 0 Å². The number of rotatable bonds is 1. The normalized spacial score (nSPS) is 9.30. The average molecular weight is 237 g/mol. The molecule has 0 N–H and O–H groups in total. The summed E-state index contributed by atoms with van der Waals surface area (Å²) in [6.07, 6.45) is 0. The number of nitriles is 1. The summed E-state index contributed by atoms with van der Waals surface area (Å²) < 4.78 is 0. The topological polar surface area (TPSA) is 23.8 Å². The molecular weight excluding hydrogens is 233 g/mol. The van der Waals surface area contributed by atoms with E-state index >= 15 is 0 Å². The Bertz CT molecular complexity index is 276. The van der Waals surface area contributed by atoms with Gasteiger partial charge in [-0.25, -0.2) is 0 Å². The van der Waals surface area contributed by atoms with Gasteiger partial charge in [0.2, 0.25) is 0 Å². The standard InChI is InChI=1S/C6H3BrClNS/c7-2-6-5(8)1-4(3-9)10-6/h1H,2H2. The maximum absolute atomic E-state index is 8.46. The largest absolute Gasteiger partial charge is 0.192 e. The molecule has 0 saturated carbocycles. The van der Waals surface area contributed by atoms with E-state index in [4.69, 9.17) is 16.9 Å². The van der Waals surface area contributed by atoms with E-state index in [1.54, 1.807) is 6.07 Å². The fraction of sp³-hybridized carbons (Fsp3) is 0.167. The summed E-state index contributed by atoms with van der Waals surface area (Å²) in [6.45, 7) is 0. The van der Waals surface area contributed by atoms with Crippen LogP contribution in [0, 0.1) is 11.3 Å². The third-order valence-electron chi connectivity index (χ3n) is 0.989. The first kappa shape index (κ1) is 8.06. The van der Waals surface area contributed by atoms with Gasteiger partial charge < -0.3 is 0 Å². The highest BCUT2D eigenvalue weighted by atomic mass is 79.9. The van der Waals surface area contributed by atoms with Crippen LogP contribution in [0.5, 0.6) is 0 Å². The van der Waals surface area contributed by atoms with Gasteiger partial charge in [0.1, 0.15) is 10.9 Å². The van der Waals surface area contributed by atoms with Crippen LogP contribution in [-0.2, 0) is 5.33 Å². The van der Waals surface area contributed by atoms with Crippen molar-refractivity contribution in [2.75, 3.05) is 0 Å². The first-order valence-corrected chi connectivity index (χ1v) is 4.83. The highest BCUT2D eigenvalue weighted by Gasteiger charge is 2.03. The summed E-state index contributed by atoms with van der Waals surface area (Å²) >= 11 is 10.4. The Morgan fingerprint density at radius 2 is 2.50 bits per heavy atom. The first-order chi connectivity index (χ1) is 4.77. The number of thiophene rings is 1. The van der Waals surface area contributed by atoms with Crippen LogP contribution in [0.3, 0.4) is 0 Å². The molecule has 52 valence electrons. The Hall–Kier alpha value is -0.0400. The van der Waals surface area contributed by atoms with Crippen molar-refractivity contribution in [2.45, 2.75) is 5.33 Å². The Balaban J connectivity index is 3.07. The van der Waals surface area contributed by atoms with Crippen LogP contribution < -0.4 is 0 Å². The summed E-state index contributed by atoms with van der Waals surface area (Å²) in [5.74, 6) is 0. The van der Waals surface area contributed by atoms with E-state index in [0.29, 0.717) is 9.90 Å². The van der Waals surface area contributed by atoms with Crippen LogP contribution in [-0.4, -0.2) is 0 Å². The molecule has 0 unspecified atom stereocenters. The highest BCUT2D eigenvalue weighted by molar-refractivity contribution is 9.08. The summed E-state index contributed by atoms with van der Waals surface area (Å²) in [4.78, 5) is 1.68. The van der Waals surface area contributed by atoms with E-state index in [-0.39, 0.29) is 0 Å². The van der Waals surface area contributed by atoms with E-state index in [1.807, 2.05) is 6.07 Å². The molecule has 0 aliphatic heterocycles. The Labute approximate surface area is 76.4 Å². The lowest BCUT2D eigenvalue weighted by molar-refractivity contribution is 1.52. The van der Waals surface area contributed by atoms with E-state index in [0.717, 1.165) is 10.2 Å². The smallest absolute Gasteiger partial charge is 0.110 e. The Morgan fingerprint density at radius 1 is 1.80 bits per heavy atom. The van der Waals surface area contributed by atoms with E-state index in [2.05, 4.69) is 15.9 Å². The predicted molar refractivity (Wildman–Crippen MR) is 46.7 cm³/mol. The van der Waals surface area contributed by atoms with Crippen molar-refractivity contribution >= 4 is 38.9 Å². The van der Waals surface area contributed by atoms with Gasteiger partial charge in [-0.2, -0.15) is 5.26 Å². The van der Waals surface area contributed by atoms with Crippen molar-refractivity contribution in [1.29, 1.82) is 5.26 Å². The second-order valence-electron chi connectivity index (χ2n) is 1.63. The molecule has 0 aromatic carbocycles. The minimum Gasteiger partial charge on any atom is -0.192 e. The number of nitrogens with zero attached hydrogens (tertiary/aromatic N) is 1. The van der Waals surface area contributed by atoms with Gasteiger partial charge in [-0.15, -0.1) is 11.3 Å². The maximum atomic E-state index is 8.46. The second-order valence-corrected chi connectivity index (χ2v) is 3.73. The molecule has 0 fully saturated rings. The van der Waals surface area contributed by atoms with Crippen molar-refractivity contribution in [3.05, 3.63) is 20.8 Å². The average Bonchev–Trinajstić information content (AvgIpc) is 2.30. The van der Waals surface area contributed by atoms with Crippen molar-refractivity contribution in [1.82, 2.24) is 0 Å². The minimum atomic E-state index is 0.666. The van der Waals surface area contributed by atoms with Crippen molar-refractivity contribution in [3.63, 3.8) is 0 Å².